The van der Waals surface area contributed by atoms with Crippen LogP contribution in [-0.2, 0) is 16.0 Å². The monoisotopic (exact) mass is 345 g/mol. The molecule has 0 saturated carbocycles. The van der Waals surface area contributed by atoms with E-state index in [0.29, 0.717) is 13.2 Å². The summed E-state index contributed by atoms with van der Waals surface area (Å²) in [5, 5.41) is 14.4. The Morgan fingerprint density at radius 3 is 3.08 bits per heavy atom. The molecule has 0 aliphatic carbocycles. The number of imidazole rings is 1. The molecule has 5 atom stereocenters. The highest BCUT2D eigenvalue weighted by Gasteiger charge is 2.50. The quantitative estimate of drug-likeness (QED) is 0.842. The van der Waals surface area contributed by atoms with Gasteiger partial charge in [-0.3, -0.25) is 0 Å². The van der Waals surface area contributed by atoms with Crippen molar-refractivity contribution in [1.82, 2.24) is 14.9 Å². The lowest BCUT2D eigenvalue weighted by atomic mass is 9.95. The number of aromatic nitrogens is 2. The Balaban J connectivity index is 1.51. The van der Waals surface area contributed by atoms with Crippen LogP contribution in [0.1, 0.15) is 17.4 Å². The van der Waals surface area contributed by atoms with E-state index in [4.69, 9.17) is 14.2 Å². The number of aliphatic hydroxyl groups is 1. The van der Waals surface area contributed by atoms with Crippen LogP contribution in [0, 0.1) is 6.92 Å². The summed E-state index contributed by atoms with van der Waals surface area (Å²) in [6.45, 7) is 2.99. The van der Waals surface area contributed by atoms with Gasteiger partial charge in [0.1, 0.15) is 23.7 Å². The summed E-state index contributed by atoms with van der Waals surface area (Å²) in [5.74, 6) is 1.64. The van der Waals surface area contributed by atoms with Crippen LogP contribution in [0.4, 0.5) is 0 Å². The molecule has 2 bridgehead atoms. The summed E-state index contributed by atoms with van der Waals surface area (Å²) < 4.78 is 18.9. The van der Waals surface area contributed by atoms with Crippen molar-refractivity contribution < 1.29 is 19.3 Å². The lowest BCUT2D eigenvalue weighted by Crippen LogP contribution is -2.57. The Labute approximate surface area is 146 Å². The first-order valence-corrected chi connectivity index (χ1v) is 8.48. The molecule has 25 heavy (non-hydrogen) atoms. The second-order valence-corrected chi connectivity index (χ2v) is 6.50. The predicted molar refractivity (Wildman–Crippen MR) is 90.2 cm³/mol. The average Bonchev–Trinajstić information content (AvgIpc) is 3.23. The Kier molecular flexibility index (Phi) is 4.47. The Hall–Kier alpha value is -1.93. The molecule has 7 heteroatoms. The number of nitrogens with zero attached hydrogens (tertiary/aromatic N) is 2. The lowest BCUT2D eigenvalue weighted by molar-refractivity contribution is -0.165. The maximum Gasteiger partial charge on any atom is 0.181 e. The van der Waals surface area contributed by atoms with Crippen LogP contribution in [0.2, 0.25) is 0 Å². The molecule has 7 nitrogen and oxygen atoms in total. The van der Waals surface area contributed by atoms with Crippen LogP contribution in [0.15, 0.2) is 36.7 Å². The minimum absolute atomic E-state index is 0.161. The molecule has 2 aliphatic rings. The Bertz CT molecular complexity index is 735. The van der Waals surface area contributed by atoms with Gasteiger partial charge in [0.05, 0.1) is 25.9 Å². The average molecular weight is 345 g/mol. The maximum atomic E-state index is 11.0. The molecule has 2 N–H and O–H groups in total. The molecular formula is C18H23N3O4. The number of aliphatic hydroxyl groups excluding tert-OH is 1. The summed E-state index contributed by atoms with van der Waals surface area (Å²) in [4.78, 5) is 4.25. The fourth-order valence-corrected chi connectivity index (χ4v) is 3.67. The van der Waals surface area contributed by atoms with E-state index >= 15 is 0 Å². The van der Waals surface area contributed by atoms with Gasteiger partial charge in [-0.15, -0.1) is 0 Å². The summed E-state index contributed by atoms with van der Waals surface area (Å²) in [7, 11) is 1.65. The number of fused-ring (bicyclic) bond motifs is 2. The third kappa shape index (κ3) is 3.04. The van der Waals surface area contributed by atoms with E-state index in [2.05, 4.69) is 10.3 Å². The molecule has 1 aromatic carbocycles. The van der Waals surface area contributed by atoms with Crippen LogP contribution in [0.3, 0.4) is 0 Å². The normalized spacial score (nSPS) is 31.2. The van der Waals surface area contributed by atoms with E-state index in [0.717, 1.165) is 17.1 Å². The van der Waals surface area contributed by atoms with Crippen molar-refractivity contribution in [3.8, 4) is 5.75 Å². The number of aryl methyl sites for hydroxylation is 1. The van der Waals surface area contributed by atoms with E-state index in [1.165, 1.54) is 0 Å². The molecule has 2 aliphatic heterocycles. The minimum atomic E-state index is -0.634. The highest BCUT2D eigenvalue weighted by atomic mass is 16.7. The summed E-state index contributed by atoms with van der Waals surface area (Å²) in [5.41, 5.74) is 1.09. The highest BCUT2D eigenvalue weighted by Crippen LogP contribution is 2.36. The van der Waals surface area contributed by atoms with Gasteiger partial charge in [-0.25, -0.2) is 4.98 Å². The zero-order chi connectivity index (χ0) is 17.4. The van der Waals surface area contributed by atoms with Gasteiger partial charge in [-0.1, -0.05) is 12.1 Å². The molecule has 134 valence electrons. The second-order valence-electron chi connectivity index (χ2n) is 6.50. The van der Waals surface area contributed by atoms with Gasteiger partial charge in [0.25, 0.3) is 0 Å². The van der Waals surface area contributed by atoms with Gasteiger partial charge in [-0.2, -0.15) is 0 Å². The highest BCUT2D eigenvalue weighted by molar-refractivity contribution is 5.28. The summed E-state index contributed by atoms with van der Waals surface area (Å²) >= 11 is 0. The number of rotatable bonds is 5. The van der Waals surface area contributed by atoms with E-state index in [1.807, 2.05) is 42.0 Å². The minimum Gasteiger partial charge on any atom is -0.497 e. The Morgan fingerprint density at radius 2 is 2.32 bits per heavy atom. The molecule has 4 rings (SSSR count). The SMILES string of the molecule is COc1cccc(CNC2C3COC(O3)C(n3ccnc3C)C2O)c1. The van der Waals surface area contributed by atoms with Crippen LogP contribution in [0.25, 0.3) is 0 Å². The number of methoxy groups -OCH3 is 1. The molecule has 1 aromatic heterocycles. The lowest BCUT2D eigenvalue weighted by Gasteiger charge is -2.39. The third-order valence-corrected chi connectivity index (χ3v) is 4.99. The molecule has 0 radical (unpaired) electrons. The number of benzene rings is 1. The van der Waals surface area contributed by atoms with Crippen LogP contribution in [0.5, 0.6) is 5.75 Å². The van der Waals surface area contributed by atoms with Crippen molar-refractivity contribution in [2.45, 2.75) is 44.1 Å². The second kappa shape index (κ2) is 6.76. The topological polar surface area (TPSA) is 77.8 Å². The molecule has 0 amide bonds. The number of nitrogens with one attached hydrogen (secondary N) is 1. The standard InChI is InChI=1S/C18H23N3O4/c1-11-19-6-7-21(11)16-17(22)15(14-10-24-18(16)25-14)20-9-12-4-3-5-13(8-12)23-2/h3-8,14-18,20,22H,9-10H2,1-2H3. The van der Waals surface area contributed by atoms with Crippen molar-refractivity contribution in [3.63, 3.8) is 0 Å². The smallest absolute Gasteiger partial charge is 0.181 e. The van der Waals surface area contributed by atoms with E-state index < -0.39 is 12.4 Å². The molecule has 0 spiro atoms. The molecule has 3 heterocycles. The molecule has 5 unspecified atom stereocenters. The molecule has 2 fully saturated rings. The number of hydrogen-bond donors (Lipinski definition) is 2. The largest absolute Gasteiger partial charge is 0.497 e. The van der Waals surface area contributed by atoms with Crippen molar-refractivity contribution in [2.24, 2.45) is 0 Å². The van der Waals surface area contributed by atoms with E-state index in [9.17, 15) is 5.11 Å². The van der Waals surface area contributed by atoms with Gasteiger partial charge in [-0.05, 0) is 24.6 Å². The number of ether oxygens (including phenoxy) is 3. The zero-order valence-corrected chi connectivity index (χ0v) is 14.3. The molecule has 2 aromatic rings. The maximum absolute atomic E-state index is 11.0. The predicted octanol–water partition coefficient (Wildman–Crippen LogP) is 1.02. The van der Waals surface area contributed by atoms with Crippen molar-refractivity contribution >= 4 is 0 Å². The van der Waals surface area contributed by atoms with Crippen molar-refractivity contribution in [3.05, 3.63) is 48.0 Å². The Morgan fingerprint density at radius 1 is 1.44 bits per heavy atom. The third-order valence-electron chi connectivity index (χ3n) is 4.99. The van der Waals surface area contributed by atoms with E-state index in [-0.39, 0.29) is 18.2 Å². The summed E-state index contributed by atoms with van der Waals surface area (Å²) in [6, 6.07) is 7.33. The molecule has 2 saturated heterocycles. The fraction of sp³-hybridized carbons (Fsp3) is 0.500. The van der Waals surface area contributed by atoms with Crippen LogP contribution >= 0.6 is 0 Å². The molecular weight excluding hydrogens is 322 g/mol. The van der Waals surface area contributed by atoms with Crippen LogP contribution in [-0.4, -0.2) is 52.9 Å². The first-order chi connectivity index (χ1) is 12.2. The first-order valence-electron chi connectivity index (χ1n) is 8.48. The van der Waals surface area contributed by atoms with E-state index in [1.54, 1.807) is 13.3 Å². The number of hydrogen-bond acceptors (Lipinski definition) is 6. The van der Waals surface area contributed by atoms with Gasteiger partial charge in [0, 0.05) is 18.9 Å². The van der Waals surface area contributed by atoms with Crippen molar-refractivity contribution in [1.29, 1.82) is 0 Å². The fourth-order valence-electron chi connectivity index (χ4n) is 3.67. The summed E-state index contributed by atoms with van der Waals surface area (Å²) in [6.07, 6.45) is 2.34. The van der Waals surface area contributed by atoms with Gasteiger partial charge in [0.2, 0.25) is 0 Å². The zero-order valence-electron chi connectivity index (χ0n) is 14.3. The van der Waals surface area contributed by atoms with Gasteiger partial charge >= 0.3 is 0 Å². The van der Waals surface area contributed by atoms with Crippen LogP contribution < -0.4 is 10.1 Å². The van der Waals surface area contributed by atoms with Gasteiger partial charge in [0.15, 0.2) is 6.29 Å². The van der Waals surface area contributed by atoms with Crippen molar-refractivity contribution in [2.75, 3.05) is 13.7 Å². The van der Waals surface area contributed by atoms with Gasteiger partial charge < -0.3 is 29.2 Å². The first kappa shape index (κ1) is 16.5.